The van der Waals surface area contributed by atoms with Crippen molar-refractivity contribution in [3.05, 3.63) is 77.6 Å². The highest BCUT2D eigenvalue weighted by atomic mass is 32.2. The molecule has 9 heteroatoms. The Hall–Kier alpha value is -3.07. The minimum absolute atomic E-state index is 0.0190. The molecule has 0 bridgehead atoms. The molecule has 3 aromatic rings. The molecule has 0 aliphatic rings. The van der Waals surface area contributed by atoms with Crippen LogP contribution in [0.15, 0.2) is 70.0 Å². The fourth-order valence-electron chi connectivity index (χ4n) is 3.02. The van der Waals surface area contributed by atoms with Crippen molar-refractivity contribution in [2.75, 3.05) is 13.3 Å². The second kappa shape index (κ2) is 8.22. The minimum Gasteiger partial charge on any atom is -0.451 e. The highest BCUT2D eigenvalue weighted by Crippen LogP contribution is 2.33. The molecule has 0 N–H and O–H groups in total. The van der Waals surface area contributed by atoms with Crippen LogP contribution < -0.4 is 0 Å². The van der Waals surface area contributed by atoms with E-state index >= 15 is 0 Å². The van der Waals surface area contributed by atoms with Gasteiger partial charge < -0.3 is 9.32 Å². The van der Waals surface area contributed by atoms with E-state index in [1.54, 1.807) is 26.1 Å². The van der Waals surface area contributed by atoms with Crippen LogP contribution in [-0.4, -0.2) is 32.5 Å². The molecular formula is C22H20F3NO4S. The summed E-state index contributed by atoms with van der Waals surface area (Å²) in [5.74, 6) is -0.333. The number of nitrogens with zero attached hydrogens (tertiary/aromatic N) is 1. The quantitative estimate of drug-likeness (QED) is 0.535. The van der Waals surface area contributed by atoms with Crippen LogP contribution in [0.25, 0.3) is 11.3 Å². The zero-order valence-electron chi connectivity index (χ0n) is 17.0. The normalized spacial score (nSPS) is 13.1. The molecule has 1 aromatic heterocycles. The first-order chi connectivity index (χ1) is 14.4. The van der Waals surface area contributed by atoms with Crippen LogP contribution >= 0.6 is 0 Å². The van der Waals surface area contributed by atoms with Crippen molar-refractivity contribution in [1.82, 2.24) is 4.90 Å². The van der Waals surface area contributed by atoms with Gasteiger partial charge in [-0.15, -0.1) is 0 Å². The van der Waals surface area contributed by atoms with Crippen LogP contribution in [0.3, 0.4) is 0 Å². The molecule has 5 nitrogen and oxygen atoms in total. The molecule has 0 aliphatic heterocycles. The Kier molecular flexibility index (Phi) is 6.00. The number of furan rings is 1. The molecule has 0 radical (unpaired) electrons. The molecule has 1 unspecified atom stereocenters. The first-order valence-electron chi connectivity index (χ1n) is 9.22. The fourth-order valence-corrected chi connectivity index (χ4v) is 3.65. The molecule has 0 saturated carbocycles. The number of hydrogen-bond acceptors (Lipinski definition) is 4. The Morgan fingerprint density at radius 3 is 2.26 bits per heavy atom. The molecule has 0 spiro atoms. The number of carbonyl (C=O) groups excluding carboxylic acids is 1. The predicted octanol–water partition coefficient (Wildman–Crippen LogP) is 5.20. The molecule has 3 rings (SSSR count). The number of alkyl halides is 3. The summed E-state index contributed by atoms with van der Waals surface area (Å²) in [6.07, 6.45) is -3.37. The second-order valence-electron chi connectivity index (χ2n) is 7.18. The summed E-state index contributed by atoms with van der Waals surface area (Å²) in [6.45, 7) is 1.77. The third-order valence-electron chi connectivity index (χ3n) is 4.98. The Balaban J connectivity index is 1.80. The molecular weight excluding hydrogens is 431 g/mol. The van der Waals surface area contributed by atoms with Gasteiger partial charge in [-0.25, -0.2) is 8.42 Å². The van der Waals surface area contributed by atoms with Crippen molar-refractivity contribution in [2.24, 2.45) is 0 Å². The molecule has 1 heterocycles. The van der Waals surface area contributed by atoms with Gasteiger partial charge in [-0.2, -0.15) is 13.2 Å². The zero-order chi connectivity index (χ0) is 23.0. The lowest BCUT2D eigenvalue weighted by atomic mass is 10.1. The van der Waals surface area contributed by atoms with E-state index in [1.807, 2.05) is 0 Å². The lowest BCUT2D eigenvalue weighted by molar-refractivity contribution is -0.137. The van der Waals surface area contributed by atoms with E-state index in [0.29, 0.717) is 5.56 Å². The highest BCUT2D eigenvalue weighted by molar-refractivity contribution is 7.90. The van der Waals surface area contributed by atoms with Crippen molar-refractivity contribution < 1.29 is 30.8 Å². The van der Waals surface area contributed by atoms with E-state index in [9.17, 15) is 26.4 Å². The van der Waals surface area contributed by atoms with Gasteiger partial charge in [0.25, 0.3) is 5.91 Å². The van der Waals surface area contributed by atoms with Crippen LogP contribution in [0.2, 0.25) is 0 Å². The highest BCUT2D eigenvalue weighted by Gasteiger charge is 2.31. The molecule has 0 aliphatic carbocycles. The molecule has 2 aromatic carbocycles. The topological polar surface area (TPSA) is 67.6 Å². The number of halogens is 3. The van der Waals surface area contributed by atoms with Crippen molar-refractivity contribution in [3.63, 3.8) is 0 Å². The SMILES string of the molecule is CC(c1ccc(S(C)(=O)=O)cc1)N(C)C(=O)c1ccc(-c2cccc(C(F)(F)F)c2)o1. The van der Waals surface area contributed by atoms with E-state index in [0.717, 1.165) is 18.4 Å². The first-order valence-corrected chi connectivity index (χ1v) is 11.1. The summed E-state index contributed by atoms with van der Waals surface area (Å²) in [5.41, 5.74) is 0.117. The Labute approximate surface area is 178 Å². The summed E-state index contributed by atoms with van der Waals surface area (Å²) in [7, 11) is -1.77. The average molecular weight is 451 g/mol. The third-order valence-corrected chi connectivity index (χ3v) is 6.11. The van der Waals surface area contributed by atoms with Crippen LogP contribution in [0.4, 0.5) is 13.2 Å². The van der Waals surface area contributed by atoms with Crippen molar-refractivity contribution in [3.8, 4) is 11.3 Å². The van der Waals surface area contributed by atoms with Gasteiger partial charge >= 0.3 is 6.18 Å². The van der Waals surface area contributed by atoms with Gasteiger partial charge in [0.05, 0.1) is 16.5 Å². The molecule has 1 atom stereocenters. The lowest BCUT2D eigenvalue weighted by Gasteiger charge is -2.24. The largest absolute Gasteiger partial charge is 0.451 e. The first kappa shape index (κ1) is 22.6. The zero-order valence-corrected chi connectivity index (χ0v) is 17.8. The molecule has 1 amide bonds. The Bertz CT molecular complexity index is 1200. The Morgan fingerprint density at radius 2 is 1.68 bits per heavy atom. The lowest BCUT2D eigenvalue weighted by Crippen LogP contribution is -2.29. The molecule has 31 heavy (non-hydrogen) atoms. The number of hydrogen-bond donors (Lipinski definition) is 0. The maximum Gasteiger partial charge on any atom is 0.416 e. The second-order valence-corrected chi connectivity index (χ2v) is 9.19. The van der Waals surface area contributed by atoms with E-state index in [2.05, 4.69) is 0 Å². The van der Waals surface area contributed by atoms with Crippen molar-refractivity contribution in [1.29, 1.82) is 0 Å². The predicted molar refractivity (Wildman–Crippen MR) is 109 cm³/mol. The monoisotopic (exact) mass is 451 g/mol. The van der Waals surface area contributed by atoms with Gasteiger partial charge in [-0.1, -0.05) is 24.3 Å². The van der Waals surface area contributed by atoms with Gasteiger partial charge in [0.1, 0.15) is 5.76 Å². The van der Waals surface area contributed by atoms with Gasteiger partial charge in [0.15, 0.2) is 15.6 Å². The van der Waals surface area contributed by atoms with Gasteiger partial charge in [-0.3, -0.25) is 4.79 Å². The van der Waals surface area contributed by atoms with E-state index < -0.39 is 33.5 Å². The van der Waals surface area contributed by atoms with Gasteiger partial charge in [0, 0.05) is 18.9 Å². The maximum absolute atomic E-state index is 12.9. The summed E-state index contributed by atoms with van der Waals surface area (Å²) >= 11 is 0. The molecule has 0 fully saturated rings. The minimum atomic E-state index is -4.48. The van der Waals surface area contributed by atoms with Crippen molar-refractivity contribution in [2.45, 2.75) is 24.0 Å². The summed E-state index contributed by atoms with van der Waals surface area (Å²) in [4.78, 5) is 14.4. The van der Waals surface area contributed by atoms with E-state index in [-0.39, 0.29) is 22.0 Å². The number of rotatable bonds is 5. The summed E-state index contributed by atoms with van der Waals surface area (Å²) < 4.78 is 67.5. The third kappa shape index (κ3) is 4.99. The van der Waals surface area contributed by atoms with Gasteiger partial charge in [0.2, 0.25) is 0 Å². The average Bonchev–Trinajstić information content (AvgIpc) is 3.21. The summed E-state index contributed by atoms with van der Waals surface area (Å²) in [6, 6.07) is 13.3. The Morgan fingerprint density at radius 1 is 1.03 bits per heavy atom. The van der Waals surface area contributed by atoms with Crippen LogP contribution in [-0.2, 0) is 16.0 Å². The number of carbonyl (C=O) groups is 1. The fraction of sp³-hybridized carbons (Fsp3) is 0.227. The standard InChI is InChI=1S/C22H20F3NO4S/c1-14(15-7-9-18(10-8-15)31(3,28)29)26(2)21(27)20-12-11-19(30-20)16-5-4-6-17(13-16)22(23,24)25/h4-14H,1-3H3. The number of benzene rings is 2. The van der Waals surface area contributed by atoms with E-state index in [1.165, 1.54) is 41.3 Å². The van der Waals surface area contributed by atoms with E-state index in [4.69, 9.17) is 4.42 Å². The summed E-state index contributed by atoms with van der Waals surface area (Å²) in [5, 5.41) is 0. The van der Waals surface area contributed by atoms with Crippen LogP contribution in [0, 0.1) is 0 Å². The van der Waals surface area contributed by atoms with Crippen molar-refractivity contribution >= 4 is 15.7 Å². The maximum atomic E-state index is 12.9. The smallest absolute Gasteiger partial charge is 0.416 e. The van der Waals surface area contributed by atoms with Gasteiger partial charge in [-0.05, 0) is 48.9 Å². The molecule has 0 saturated heterocycles. The van der Waals surface area contributed by atoms with Crippen LogP contribution in [0.5, 0.6) is 0 Å². The molecule has 164 valence electrons. The number of amides is 1. The van der Waals surface area contributed by atoms with Crippen LogP contribution in [0.1, 0.15) is 34.6 Å². The number of sulfone groups is 1.